The molecule has 0 aliphatic rings. The lowest BCUT2D eigenvalue weighted by Gasteiger charge is -2.04. The molecule has 0 spiro atoms. The maximum absolute atomic E-state index is 11.7. The lowest BCUT2D eigenvalue weighted by atomic mass is 10.3. The number of carbonyl (C=O) groups is 1. The molecule has 3 nitrogen and oxygen atoms in total. The molecule has 1 aromatic heterocycles. The van der Waals surface area contributed by atoms with Crippen LogP contribution in [-0.4, -0.2) is 10.9 Å². The van der Waals surface area contributed by atoms with Crippen molar-refractivity contribution in [2.45, 2.75) is 0 Å². The Hall–Kier alpha value is -1.45. The molecule has 0 aliphatic heterocycles. The third kappa shape index (κ3) is 2.56. The van der Waals surface area contributed by atoms with Crippen LogP contribution >= 0.6 is 23.2 Å². The summed E-state index contributed by atoms with van der Waals surface area (Å²) in [5.74, 6) is -0.209. The summed E-state index contributed by atoms with van der Waals surface area (Å²) in [5, 5.41) is 3.66. The normalized spacial score (nSPS) is 10.1. The van der Waals surface area contributed by atoms with Crippen LogP contribution < -0.4 is 5.32 Å². The van der Waals surface area contributed by atoms with E-state index in [9.17, 15) is 4.79 Å². The van der Waals surface area contributed by atoms with Crippen LogP contribution in [0, 0.1) is 0 Å². The van der Waals surface area contributed by atoms with Crippen molar-refractivity contribution < 1.29 is 4.79 Å². The van der Waals surface area contributed by atoms with Gasteiger partial charge in [-0.05, 0) is 24.3 Å². The molecule has 1 aromatic carbocycles. The highest BCUT2D eigenvalue weighted by Gasteiger charge is 2.06. The first-order valence-corrected chi connectivity index (χ1v) is 5.31. The number of halogens is 2. The summed E-state index contributed by atoms with van der Waals surface area (Å²) in [5.41, 5.74) is 1.12. The van der Waals surface area contributed by atoms with Gasteiger partial charge in [0.05, 0.1) is 5.56 Å². The molecule has 2 rings (SSSR count). The third-order valence-electron chi connectivity index (χ3n) is 1.98. The van der Waals surface area contributed by atoms with Crippen LogP contribution in [0.5, 0.6) is 0 Å². The van der Waals surface area contributed by atoms with Crippen molar-refractivity contribution in [2.24, 2.45) is 0 Å². The first-order chi connectivity index (χ1) is 7.65. The Kier molecular flexibility index (Phi) is 3.17. The van der Waals surface area contributed by atoms with E-state index in [1.807, 2.05) is 0 Å². The molecule has 0 unspecified atom stereocenters. The minimum Gasteiger partial charge on any atom is -0.367 e. The van der Waals surface area contributed by atoms with E-state index in [2.05, 4.69) is 10.3 Å². The van der Waals surface area contributed by atoms with E-state index in [-0.39, 0.29) is 5.91 Å². The third-order valence-corrected chi connectivity index (χ3v) is 2.42. The Labute approximate surface area is 102 Å². The molecule has 0 radical (unpaired) electrons. The molecule has 0 aliphatic carbocycles. The number of hydrogen-bond donors (Lipinski definition) is 2. The Bertz CT molecular complexity index is 488. The average molecular weight is 255 g/mol. The van der Waals surface area contributed by atoms with Crippen LogP contribution in [0.15, 0.2) is 36.7 Å². The van der Waals surface area contributed by atoms with Gasteiger partial charge in [0.1, 0.15) is 0 Å². The molecular weight excluding hydrogens is 247 g/mol. The van der Waals surface area contributed by atoms with Gasteiger partial charge in [0, 0.05) is 28.1 Å². The Morgan fingerprint density at radius 3 is 2.44 bits per heavy atom. The molecule has 1 amide bonds. The fraction of sp³-hybridized carbons (Fsp3) is 0. The van der Waals surface area contributed by atoms with Crippen LogP contribution in [0.3, 0.4) is 0 Å². The zero-order valence-electron chi connectivity index (χ0n) is 8.13. The highest BCUT2D eigenvalue weighted by molar-refractivity contribution is 6.35. The van der Waals surface area contributed by atoms with Crippen molar-refractivity contribution in [1.82, 2.24) is 4.98 Å². The van der Waals surface area contributed by atoms with Gasteiger partial charge in [-0.3, -0.25) is 4.79 Å². The number of amides is 1. The van der Waals surface area contributed by atoms with Gasteiger partial charge >= 0.3 is 0 Å². The second kappa shape index (κ2) is 4.60. The van der Waals surface area contributed by atoms with Crippen LogP contribution in [0.4, 0.5) is 5.69 Å². The summed E-state index contributed by atoms with van der Waals surface area (Å²) < 4.78 is 0. The van der Waals surface area contributed by atoms with Crippen LogP contribution in [0.2, 0.25) is 10.0 Å². The van der Waals surface area contributed by atoms with Crippen molar-refractivity contribution in [3.05, 3.63) is 52.3 Å². The molecule has 82 valence electrons. The highest BCUT2D eigenvalue weighted by atomic mass is 35.5. The molecule has 16 heavy (non-hydrogen) atoms. The van der Waals surface area contributed by atoms with Gasteiger partial charge in [0.15, 0.2) is 0 Å². The molecule has 0 atom stereocenters. The van der Waals surface area contributed by atoms with E-state index in [0.29, 0.717) is 21.3 Å². The van der Waals surface area contributed by atoms with Gasteiger partial charge in [-0.2, -0.15) is 0 Å². The van der Waals surface area contributed by atoms with E-state index in [1.54, 1.807) is 36.7 Å². The van der Waals surface area contributed by atoms with Gasteiger partial charge in [0.2, 0.25) is 0 Å². The quantitative estimate of drug-likeness (QED) is 0.846. The smallest absolute Gasteiger partial charge is 0.257 e. The molecule has 5 heteroatoms. The molecule has 2 N–H and O–H groups in total. The number of rotatable bonds is 2. The first kappa shape index (κ1) is 11.0. The minimum absolute atomic E-state index is 0.209. The first-order valence-electron chi connectivity index (χ1n) is 4.55. The van der Waals surface area contributed by atoms with Crippen molar-refractivity contribution in [2.75, 3.05) is 5.32 Å². The number of carbonyl (C=O) groups excluding carboxylic acids is 1. The maximum Gasteiger partial charge on any atom is 0.257 e. The molecule has 1 heterocycles. The fourth-order valence-corrected chi connectivity index (χ4v) is 1.82. The molecule has 0 saturated heterocycles. The number of anilines is 1. The van der Waals surface area contributed by atoms with E-state index < -0.39 is 0 Å². The number of hydrogen-bond acceptors (Lipinski definition) is 1. The van der Waals surface area contributed by atoms with E-state index in [0.717, 1.165) is 0 Å². The monoisotopic (exact) mass is 254 g/mol. The predicted molar refractivity (Wildman–Crippen MR) is 65.2 cm³/mol. The lowest BCUT2D eigenvalue weighted by Crippen LogP contribution is -2.10. The van der Waals surface area contributed by atoms with E-state index in [1.165, 1.54) is 0 Å². The molecular formula is C11H8Cl2N2O. The van der Waals surface area contributed by atoms with Gasteiger partial charge < -0.3 is 10.3 Å². The Morgan fingerprint density at radius 2 is 1.88 bits per heavy atom. The molecule has 2 aromatic rings. The fourth-order valence-electron chi connectivity index (χ4n) is 1.29. The molecule has 0 bridgehead atoms. The number of H-pyrrole nitrogens is 1. The SMILES string of the molecule is O=C(Nc1cc(Cl)cc(Cl)c1)c1cc[nH]c1. The van der Waals surface area contributed by atoms with Crippen LogP contribution in [0.1, 0.15) is 10.4 Å². The highest BCUT2D eigenvalue weighted by Crippen LogP contribution is 2.22. The summed E-state index contributed by atoms with van der Waals surface area (Å²) in [4.78, 5) is 14.5. The van der Waals surface area contributed by atoms with Gasteiger partial charge in [-0.25, -0.2) is 0 Å². The second-order valence-corrected chi connectivity index (χ2v) is 4.08. The van der Waals surface area contributed by atoms with E-state index in [4.69, 9.17) is 23.2 Å². The van der Waals surface area contributed by atoms with Crippen molar-refractivity contribution >= 4 is 34.8 Å². The Balaban J connectivity index is 2.18. The average Bonchev–Trinajstić information content (AvgIpc) is 2.68. The summed E-state index contributed by atoms with van der Waals surface area (Å²) in [7, 11) is 0. The standard InChI is InChI=1S/C11H8Cl2N2O/c12-8-3-9(13)5-10(4-8)15-11(16)7-1-2-14-6-7/h1-6,14H,(H,15,16). The number of benzene rings is 1. The largest absolute Gasteiger partial charge is 0.367 e. The predicted octanol–water partition coefficient (Wildman–Crippen LogP) is 3.57. The van der Waals surface area contributed by atoms with Crippen LogP contribution in [0.25, 0.3) is 0 Å². The zero-order chi connectivity index (χ0) is 11.5. The topological polar surface area (TPSA) is 44.9 Å². The second-order valence-electron chi connectivity index (χ2n) is 3.21. The maximum atomic E-state index is 11.7. The van der Waals surface area contributed by atoms with Crippen LogP contribution in [-0.2, 0) is 0 Å². The van der Waals surface area contributed by atoms with Gasteiger partial charge in [-0.1, -0.05) is 23.2 Å². The van der Waals surface area contributed by atoms with Crippen molar-refractivity contribution in [1.29, 1.82) is 0 Å². The summed E-state index contributed by atoms with van der Waals surface area (Å²) in [6, 6.07) is 6.56. The van der Waals surface area contributed by atoms with Crippen molar-refractivity contribution in [3.63, 3.8) is 0 Å². The Morgan fingerprint density at radius 1 is 1.19 bits per heavy atom. The lowest BCUT2D eigenvalue weighted by molar-refractivity contribution is 0.102. The summed E-state index contributed by atoms with van der Waals surface area (Å²) in [6.07, 6.45) is 3.29. The zero-order valence-corrected chi connectivity index (χ0v) is 9.64. The number of aromatic nitrogens is 1. The van der Waals surface area contributed by atoms with Gasteiger partial charge in [0.25, 0.3) is 5.91 Å². The van der Waals surface area contributed by atoms with Crippen molar-refractivity contribution in [3.8, 4) is 0 Å². The molecule has 0 saturated carbocycles. The van der Waals surface area contributed by atoms with Gasteiger partial charge in [-0.15, -0.1) is 0 Å². The number of aromatic amines is 1. The number of nitrogens with one attached hydrogen (secondary N) is 2. The van der Waals surface area contributed by atoms with E-state index >= 15 is 0 Å². The summed E-state index contributed by atoms with van der Waals surface area (Å²) in [6.45, 7) is 0. The molecule has 0 fully saturated rings. The summed E-state index contributed by atoms with van der Waals surface area (Å²) >= 11 is 11.6. The minimum atomic E-state index is -0.209.